The molecule has 1 aliphatic rings. The van der Waals surface area contributed by atoms with Gasteiger partial charge in [0, 0.05) is 37.8 Å². The Hall–Kier alpha value is -2.15. The van der Waals surface area contributed by atoms with Crippen molar-refractivity contribution in [2.24, 2.45) is 7.05 Å². The van der Waals surface area contributed by atoms with Crippen LogP contribution < -0.4 is 5.32 Å². The number of carbonyl (C=O) groups excluding carboxylic acids is 1. The van der Waals surface area contributed by atoms with Crippen molar-refractivity contribution >= 4 is 5.91 Å². The van der Waals surface area contributed by atoms with Crippen LogP contribution in [-0.4, -0.2) is 42.5 Å². The highest BCUT2D eigenvalue weighted by atomic mass is 16.3. The van der Waals surface area contributed by atoms with Gasteiger partial charge in [0.25, 0.3) is 0 Å². The Kier molecular flexibility index (Phi) is 4.47. The molecule has 23 heavy (non-hydrogen) atoms. The van der Waals surface area contributed by atoms with Crippen molar-refractivity contribution in [3.63, 3.8) is 0 Å². The van der Waals surface area contributed by atoms with Gasteiger partial charge in [-0.2, -0.15) is 5.10 Å². The summed E-state index contributed by atoms with van der Waals surface area (Å²) in [7, 11) is 1.87. The summed E-state index contributed by atoms with van der Waals surface area (Å²) in [6.45, 7) is 1.92. The maximum absolute atomic E-state index is 12.1. The van der Waals surface area contributed by atoms with E-state index in [2.05, 4.69) is 15.4 Å². The highest BCUT2D eigenvalue weighted by Gasteiger charge is 2.36. The molecule has 7 nitrogen and oxygen atoms in total. The topological polar surface area (TPSA) is 85.0 Å². The molecule has 2 heterocycles. The Bertz CT molecular complexity index is 678. The summed E-state index contributed by atoms with van der Waals surface area (Å²) in [4.78, 5) is 16.3. The van der Waals surface area contributed by atoms with E-state index in [9.17, 15) is 9.90 Å². The second-order valence-corrected chi connectivity index (χ2v) is 6.14. The minimum absolute atomic E-state index is 0.0140. The van der Waals surface area contributed by atoms with Crippen LogP contribution in [0.25, 0.3) is 0 Å². The van der Waals surface area contributed by atoms with E-state index in [4.69, 9.17) is 0 Å². The van der Waals surface area contributed by atoms with Crippen molar-refractivity contribution < 1.29 is 9.90 Å². The lowest BCUT2D eigenvalue weighted by Gasteiger charge is -2.22. The minimum Gasteiger partial charge on any atom is -0.389 e. The average molecular weight is 317 g/mol. The Balaban J connectivity index is 1.53. The maximum atomic E-state index is 12.1. The van der Waals surface area contributed by atoms with Crippen molar-refractivity contribution in [3.8, 4) is 0 Å². The second kappa shape index (κ2) is 6.54. The second-order valence-electron chi connectivity index (χ2n) is 6.14. The molecule has 0 unspecified atom stereocenters. The number of aliphatic hydroxyl groups excluding tert-OH is 1. The molecular formula is C16H23N5O2. The van der Waals surface area contributed by atoms with Gasteiger partial charge in [0.05, 0.1) is 18.2 Å². The number of aromatic nitrogens is 4. The van der Waals surface area contributed by atoms with Gasteiger partial charge in [0.15, 0.2) is 0 Å². The normalized spacial score (nSPS) is 24.0. The van der Waals surface area contributed by atoms with Crippen molar-refractivity contribution in [3.05, 3.63) is 36.2 Å². The van der Waals surface area contributed by atoms with E-state index in [1.807, 2.05) is 30.8 Å². The summed E-state index contributed by atoms with van der Waals surface area (Å²) in [5.74, 6) is 0.857. The summed E-state index contributed by atoms with van der Waals surface area (Å²) in [6, 6.07) is 1.70. The van der Waals surface area contributed by atoms with Crippen LogP contribution in [0.2, 0.25) is 0 Å². The molecule has 0 bridgehead atoms. The smallest absolute Gasteiger partial charge is 0.220 e. The van der Waals surface area contributed by atoms with Crippen LogP contribution in [0, 0.1) is 6.92 Å². The first-order chi connectivity index (χ1) is 11.1. The van der Waals surface area contributed by atoms with Gasteiger partial charge in [-0.15, -0.1) is 0 Å². The molecule has 1 amide bonds. The number of hydrogen-bond acceptors (Lipinski definition) is 4. The van der Waals surface area contributed by atoms with Gasteiger partial charge >= 0.3 is 0 Å². The van der Waals surface area contributed by atoms with Gasteiger partial charge in [-0.1, -0.05) is 0 Å². The van der Waals surface area contributed by atoms with E-state index in [0.29, 0.717) is 12.8 Å². The van der Waals surface area contributed by atoms with Crippen LogP contribution in [0.3, 0.4) is 0 Å². The zero-order valence-electron chi connectivity index (χ0n) is 13.5. The Morgan fingerprint density at radius 3 is 2.91 bits per heavy atom. The number of aryl methyl sites for hydroxylation is 3. The maximum Gasteiger partial charge on any atom is 0.220 e. The molecule has 7 heteroatoms. The van der Waals surface area contributed by atoms with Gasteiger partial charge in [-0.05, 0) is 32.3 Å². The van der Waals surface area contributed by atoms with Crippen LogP contribution in [0.5, 0.6) is 0 Å². The first-order valence-electron chi connectivity index (χ1n) is 8.00. The summed E-state index contributed by atoms with van der Waals surface area (Å²) in [5, 5.41) is 17.6. The molecule has 2 aromatic rings. The SMILES string of the molecule is Cc1nccn1[C@@H]1CC[C@@H](NC(=O)CCc2ccnn2C)[C@H]1O. The molecule has 1 fully saturated rings. The first-order valence-corrected chi connectivity index (χ1v) is 8.00. The predicted octanol–water partition coefficient (Wildman–Crippen LogP) is 0.738. The molecule has 1 aliphatic carbocycles. The predicted molar refractivity (Wildman–Crippen MR) is 84.7 cm³/mol. The third kappa shape index (κ3) is 3.29. The standard InChI is InChI=1S/C16H23N5O2/c1-11-17-9-10-21(11)14-5-4-13(16(14)23)19-15(22)6-3-12-7-8-18-20(12)2/h7-10,13-14,16,23H,3-6H2,1-2H3,(H,19,22)/t13-,14-,16-/m1/s1. The van der Waals surface area contributed by atoms with Crippen LogP contribution in [0.1, 0.15) is 36.8 Å². The quantitative estimate of drug-likeness (QED) is 0.852. The number of rotatable bonds is 5. The molecular weight excluding hydrogens is 294 g/mol. The highest BCUT2D eigenvalue weighted by molar-refractivity contribution is 5.76. The number of hydrogen-bond donors (Lipinski definition) is 2. The van der Waals surface area contributed by atoms with Gasteiger partial charge in [0.1, 0.15) is 5.82 Å². The van der Waals surface area contributed by atoms with Gasteiger partial charge < -0.3 is 15.0 Å². The molecule has 2 N–H and O–H groups in total. The molecule has 0 aromatic carbocycles. The van der Waals surface area contributed by atoms with Crippen LogP contribution >= 0.6 is 0 Å². The van der Waals surface area contributed by atoms with Gasteiger partial charge in [0.2, 0.25) is 5.91 Å². The zero-order chi connectivity index (χ0) is 16.4. The van der Waals surface area contributed by atoms with Gasteiger partial charge in [-0.25, -0.2) is 4.98 Å². The first kappa shape index (κ1) is 15.7. The fourth-order valence-electron chi connectivity index (χ4n) is 3.33. The Morgan fingerprint density at radius 2 is 2.26 bits per heavy atom. The minimum atomic E-state index is -0.580. The lowest BCUT2D eigenvalue weighted by molar-refractivity contribution is -0.122. The molecule has 0 saturated heterocycles. The Labute approximate surface area is 135 Å². The fourth-order valence-corrected chi connectivity index (χ4v) is 3.33. The van der Waals surface area contributed by atoms with Crippen molar-refractivity contribution in [2.45, 2.75) is 50.8 Å². The molecule has 0 spiro atoms. The van der Waals surface area contributed by atoms with Crippen molar-refractivity contribution in [1.82, 2.24) is 24.6 Å². The lowest BCUT2D eigenvalue weighted by Crippen LogP contribution is -2.42. The Morgan fingerprint density at radius 1 is 1.43 bits per heavy atom. The number of nitrogens with zero attached hydrogens (tertiary/aromatic N) is 4. The molecule has 3 rings (SSSR count). The summed E-state index contributed by atoms with van der Waals surface area (Å²) >= 11 is 0. The molecule has 3 atom stereocenters. The molecule has 2 aromatic heterocycles. The third-order valence-electron chi connectivity index (χ3n) is 4.68. The summed E-state index contributed by atoms with van der Waals surface area (Å²) in [6.07, 6.45) is 7.44. The molecule has 0 aliphatic heterocycles. The number of amides is 1. The fraction of sp³-hybridized carbons (Fsp3) is 0.562. The number of imidazole rings is 1. The van der Waals surface area contributed by atoms with E-state index in [1.54, 1.807) is 17.1 Å². The van der Waals surface area contributed by atoms with E-state index >= 15 is 0 Å². The largest absolute Gasteiger partial charge is 0.389 e. The van der Waals surface area contributed by atoms with E-state index in [-0.39, 0.29) is 18.0 Å². The van der Waals surface area contributed by atoms with Crippen LogP contribution in [0.4, 0.5) is 0 Å². The van der Waals surface area contributed by atoms with E-state index < -0.39 is 6.10 Å². The molecule has 0 radical (unpaired) electrons. The van der Waals surface area contributed by atoms with Crippen molar-refractivity contribution in [2.75, 3.05) is 0 Å². The zero-order valence-corrected chi connectivity index (χ0v) is 13.5. The number of aliphatic hydroxyl groups is 1. The molecule has 1 saturated carbocycles. The lowest BCUT2D eigenvalue weighted by atomic mass is 10.1. The van der Waals surface area contributed by atoms with Crippen molar-refractivity contribution in [1.29, 1.82) is 0 Å². The van der Waals surface area contributed by atoms with Crippen LogP contribution in [0.15, 0.2) is 24.7 Å². The summed E-state index contributed by atoms with van der Waals surface area (Å²) in [5.41, 5.74) is 1.03. The third-order valence-corrected chi connectivity index (χ3v) is 4.68. The highest BCUT2D eigenvalue weighted by Crippen LogP contribution is 2.31. The van der Waals surface area contributed by atoms with E-state index in [1.165, 1.54) is 0 Å². The number of nitrogens with one attached hydrogen (secondary N) is 1. The average Bonchev–Trinajstić information content (AvgIpc) is 3.20. The number of carbonyl (C=O) groups is 1. The summed E-state index contributed by atoms with van der Waals surface area (Å²) < 4.78 is 3.77. The molecule has 124 valence electrons. The van der Waals surface area contributed by atoms with Gasteiger partial charge in [-0.3, -0.25) is 9.48 Å². The van der Waals surface area contributed by atoms with E-state index in [0.717, 1.165) is 24.4 Å². The van der Waals surface area contributed by atoms with Crippen LogP contribution in [-0.2, 0) is 18.3 Å². The monoisotopic (exact) mass is 317 g/mol.